The molecule has 0 bridgehead atoms. The minimum atomic E-state index is -0.200. The first-order chi connectivity index (χ1) is 10.1. The first-order valence-electron chi connectivity index (χ1n) is 6.71. The lowest BCUT2D eigenvalue weighted by molar-refractivity contribution is 0.355. The molecule has 6 heteroatoms. The number of methoxy groups -OCH3 is 2. The molecule has 1 aromatic carbocycles. The van der Waals surface area contributed by atoms with E-state index in [4.69, 9.17) is 15.2 Å². The molecule has 2 aromatic rings. The minimum absolute atomic E-state index is 0.200. The average molecular weight is 289 g/mol. The van der Waals surface area contributed by atoms with Gasteiger partial charge in [-0.1, -0.05) is 13.3 Å². The number of ether oxygens (including phenoxy) is 2. The van der Waals surface area contributed by atoms with Gasteiger partial charge >= 0.3 is 0 Å². The van der Waals surface area contributed by atoms with Crippen LogP contribution in [-0.4, -0.2) is 24.2 Å². The number of hydrogen-bond donors (Lipinski definition) is 2. The quantitative estimate of drug-likeness (QED) is 0.878. The largest absolute Gasteiger partial charge is 0.493 e. The molecule has 6 nitrogen and oxygen atoms in total. The number of nitrogens with one attached hydrogen (secondary N) is 1. The van der Waals surface area contributed by atoms with Crippen LogP contribution in [0.4, 0.5) is 5.82 Å². The highest BCUT2D eigenvalue weighted by Crippen LogP contribution is 2.31. The van der Waals surface area contributed by atoms with Crippen LogP contribution < -0.4 is 20.8 Å². The minimum Gasteiger partial charge on any atom is -0.493 e. The van der Waals surface area contributed by atoms with Gasteiger partial charge in [-0.3, -0.25) is 4.79 Å². The summed E-state index contributed by atoms with van der Waals surface area (Å²) in [6.45, 7) is 1.99. The van der Waals surface area contributed by atoms with Gasteiger partial charge in [0, 0.05) is 5.56 Å². The molecule has 21 heavy (non-hydrogen) atoms. The Hall–Kier alpha value is -2.50. The van der Waals surface area contributed by atoms with Crippen molar-refractivity contribution < 1.29 is 9.47 Å². The highest BCUT2D eigenvalue weighted by atomic mass is 16.5. The zero-order valence-electron chi connectivity index (χ0n) is 12.4. The van der Waals surface area contributed by atoms with E-state index >= 15 is 0 Å². The van der Waals surface area contributed by atoms with Gasteiger partial charge in [0.25, 0.3) is 5.56 Å². The SMILES string of the molecule is CCCc1c(N)nc(-c2ccc(OC)c(OC)c2)[nH]c1=O. The van der Waals surface area contributed by atoms with Crippen LogP contribution in [0.3, 0.4) is 0 Å². The molecule has 3 N–H and O–H groups in total. The summed E-state index contributed by atoms with van der Waals surface area (Å²) < 4.78 is 10.4. The molecule has 0 radical (unpaired) electrons. The molecule has 0 amide bonds. The number of anilines is 1. The van der Waals surface area contributed by atoms with Gasteiger partial charge in [0.05, 0.1) is 19.8 Å². The molecule has 1 heterocycles. The number of nitrogens with zero attached hydrogens (tertiary/aromatic N) is 1. The molecule has 0 saturated heterocycles. The number of hydrogen-bond acceptors (Lipinski definition) is 5. The van der Waals surface area contributed by atoms with E-state index in [0.717, 1.165) is 6.42 Å². The van der Waals surface area contributed by atoms with Gasteiger partial charge in [0.1, 0.15) is 11.6 Å². The smallest absolute Gasteiger partial charge is 0.256 e. The second-order valence-electron chi connectivity index (χ2n) is 4.60. The Bertz CT molecular complexity index is 695. The van der Waals surface area contributed by atoms with E-state index in [2.05, 4.69) is 9.97 Å². The number of nitrogens with two attached hydrogens (primary N) is 1. The standard InChI is InChI=1S/C15H19N3O3/c1-4-5-10-13(16)17-14(18-15(10)19)9-6-7-11(20-2)12(8-9)21-3/h6-8H,4-5H2,1-3H3,(H3,16,17,18,19). The molecule has 0 fully saturated rings. The predicted molar refractivity (Wildman–Crippen MR) is 81.8 cm³/mol. The topological polar surface area (TPSA) is 90.2 Å². The van der Waals surface area contributed by atoms with E-state index in [0.29, 0.717) is 34.9 Å². The average Bonchev–Trinajstić information content (AvgIpc) is 2.50. The van der Waals surface area contributed by atoms with E-state index in [1.165, 1.54) is 0 Å². The van der Waals surface area contributed by atoms with Crippen molar-refractivity contribution in [2.75, 3.05) is 20.0 Å². The molecular weight excluding hydrogens is 270 g/mol. The fourth-order valence-corrected chi connectivity index (χ4v) is 2.13. The van der Waals surface area contributed by atoms with E-state index < -0.39 is 0 Å². The van der Waals surface area contributed by atoms with Crippen molar-refractivity contribution in [1.82, 2.24) is 9.97 Å². The lowest BCUT2D eigenvalue weighted by Crippen LogP contribution is -2.18. The van der Waals surface area contributed by atoms with E-state index in [-0.39, 0.29) is 11.4 Å². The van der Waals surface area contributed by atoms with Crippen molar-refractivity contribution in [3.63, 3.8) is 0 Å². The Labute approximate surface area is 122 Å². The number of aromatic amines is 1. The zero-order valence-corrected chi connectivity index (χ0v) is 12.4. The first-order valence-corrected chi connectivity index (χ1v) is 6.71. The fourth-order valence-electron chi connectivity index (χ4n) is 2.13. The maximum Gasteiger partial charge on any atom is 0.256 e. The van der Waals surface area contributed by atoms with Gasteiger partial charge < -0.3 is 20.2 Å². The monoisotopic (exact) mass is 289 g/mol. The molecule has 1 aromatic heterocycles. The Kier molecular flexibility index (Phi) is 4.47. The van der Waals surface area contributed by atoms with Crippen molar-refractivity contribution in [3.8, 4) is 22.9 Å². The van der Waals surface area contributed by atoms with Crippen molar-refractivity contribution in [2.45, 2.75) is 19.8 Å². The van der Waals surface area contributed by atoms with Gasteiger partial charge in [-0.2, -0.15) is 0 Å². The molecule has 0 spiro atoms. The van der Waals surface area contributed by atoms with Gasteiger partial charge in [-0.25, -0.2) is 4.98 Å². The Morgan fingerprint density at radius 3 is 2.52 bits per heavy atom. The zero-order chi connectivity index (χ0) is 15.4. The second-order valence-corrected chi connectivity index (χ2v) is 4.60. The van der Waals surface area contributed by atoms with Crippen LogP contribution in [-0.2, 0) is 6.42 Å². The number of nitrogen functional groups attached to an aromatic ring is 1. The second kappa shape index (κ2) is 6.30. The maximum absolute atomic E-state index is 12.1. The van der Waals surface area contributed by atoms with Crippen LogP contribution in [0, 0.1) is 0 Å². The van der Waals surface area contributed by atoms with E-state index in [1.807, 2.05) is 6.92 Å². The summed E-state index contributed by atoms with van der Waals surface area (Å²) >= 11 is 0. The highest BCUT2D eigenvalue weighted by Gasteiger charge is 2.12. The maximum atomic E-state index is 12.1. The van der Waals surface area contributed by atoms with Gasteiger partial charge in [0.15, 0.2) is 11.5 Å². The Morgan fingerprint density at radius 2 is 1.95 bits per heavy atom. The lowest BCUT2D eigenvalue weighted by Gasteiger charge is -2.10. The third-order valence-corrected chi connectivity index (χ3v) is 3.20. The van der Waals surface area contributed by atoms with Crippen LogP contribution in [0.25, 0.3) is 11.4 Å². The fraction of sp³-hybridized carbons (Fsp3) is 0.333. The Morgan fingerprint density at radius 1 is 1.24 bits per heavy atom. The summed E-state index contributed by atoms with van der Waals surface area (Å²) in [6, 6.07) is 5.29. The lowest BCUT2D eigenvalue weighted by atomic mass is 10.1. The van der Waals surface area contributed by atoms with Crippen LogP contribution in [0.5, 0.6) is 11.5 Å². The first kappa shape index (κ1) is 14.9. The summed E-state index contributed by atoms with van der Waals surface area (Å²) in [5, 5.41) is 0. The van der Waals surface area contributed by atoms with Crippen molar-refractivity contribution in [3.05, 3.63) is 34.1 Å². The molecular formula is C15H19N3O3. The number of aromatic nitrogens is 2. The summed E-state index contributed by atoms with van der Waals surface area (Å²) in [5.74, 6) is 1.86. The van der Waals surface area contributed by atoms with Gasteiger partial charge in [-0.15, -0.1) is 0 Å². The molecule has 0 aliphatic carbocycles. The molecule has 0 aliphatic rings. The third-order valence-electron chi connectivity index (χ3n) is 3.20. The molecule has 0 aliphatic heterocycles. The van der Waals surface area contributed by atoms with Crippen LogP contribution in [0.2, 0.25) is 0 Å². The third kappa shape index (κ3) is 2.99. The van der Waals surface area contributed by atoms with Crippen molar-refractivity contribution in [2.24, 2.45) is 0 Å². The number of benzene rings is 1. The summed E-state index contributed by atoms with van der Waals surface area (Å²) in [5.41, 5.74) is 6.92. The number of rotatable bonds is 5. The van der Waals surface area contributed by atoms with Gasteiger partial charge in [0.2, 0.25) is 0 Å². The van der Waals surface area contributed by atoms with Crippen LogP contribution >= 0.6 is 0 Å². The molecule has 0 atom stereocenters. The molecule has 112 valence electrons. The van der Waals surface area contributed by atoms with Crippen molar-refractivity contribution >= 4 is 5.82 Å². The Balaban J connectivity index is 2.50. The van der Waals surface area contributed by atoms with E-state index in [9.17, 15) is 4.79 Å². The number of H-pyrrole nitrogens is 1. The van der Waals surface area contributed by atoms with Crippen molar-refractivity contribution in [1.29, 1.82) is 0 Å². The normalized spacial score (nSPS) is 10.4. The van der Waals surface area contributed by atoms with E-state index in [1.54, 1.807) is 32.4 Å². The summed E-state index contributed by atoms with van der Waals surface area (Å²) in [6.07, 6.45) is 1.45. The van der Waals surface area contributed by atoms with Gasteiger partial charge in [-0.05, 0) is 24.6 Å². The summed E-state index contributed by atoms with van der Waals surface area (Å²) in [4.78, 5) is 19.1. The molecule has 0 unspecified atom stereocenters. The van der Waals surface area contributed by atoms with Crippen LogP contribution in [0.15, 0.2) is 23.0 Å². The highest BCUT2D eigenvalue weighted by molar-refractivity contribution is 5.62. The summed E-state index contributed by atoms with van der Waals surface area (Å²) in [7, 11) is 3.12. The predicted octanol–water partition coefficient (Wildman–Crippen LogP) is 1.99. The molecule has 2 rings (SSSR count). The van der Waals surface area contributed by atoms with Crippen LogP contribution in [0.1, 0.15) is 18.9 Å². The molecule has 0 saturated carbocycles.